The molecular weight excluding hydrogens is 306 g/mol. The van der Waals surface area contributed by atoms with Gasteiger partial charge in [-0.15, -0.1) is 0 Å². The molecule has 0 bridgehead atoms. The molecule has 0 saturated carbocycles. The molecule has 1 aromatic carbocycles. The Labute approximate surface area is 143 Å². The molecule has 5 heteroatoms. The molecule has 0 radical (unpaired) electrons. The molecule has 24 heavy (non-hydrogen) atoms. The summed E-state index contributed by atoms with van der Waals surface area (Å²) in [6, 6.07) is 0. The van der Waals surface area contributed by atoms with Gasteiger partial charge in [0.1, 0.15) is 0 Å². The number of amides is 1. The predicted octanol–water partition coefficient (Wildman–Crippen LogP) is 2.68. The number of carbonyl (C=O) groups excluding carboxylic acids is 2. The maximum Gasteiger partial charge on any atom is 0.339 e. The Morgan fingerprint density at radius 2 is 1.62 bits per heavy atom. The fourth-order valence-electron chi connectivity index (χ4n) is 3.09. The summed E-state index contributed by atoms with van der Waals surface area (Å²) < 4.78 is 10.7. The molecule has 1 atom stereocenters. The van der Waals surface area contributed by atoms with E-state index < -0.39 is 5.97 Å². The van der Waals surface area contributed by atoms with Gasteiger partial charge in [0.2, 0.25) is 0 Å². The number of carbonyl (C=O) groups is 2. The second-order valence-electron chi connectivity index (χ2n) is 6.52. The van der Waals surface area contributed by atoms with Gasteiger partial charge in [-0.25, -0.2) is 4.79 Å². The van der Waals surface area contributed by atoms with Crippen molar-refractivity contribution in [3.63, 3.8) is 0 Å². The summed E-state index contributed by atoms with van der Waals surface area (Å²) in [5, 5.41) is 2.75. The van der Waals surface area contributed by atoms with E-state index in [1.54, 1.807) is 0 Å². The van der Waals surface area contributed by atoms with Gasteiger partial charge in [0.25, 0.3) is 5.91 Å². The number of nitrogens with one attached hydrogen (secondary N) is 1. The maximum absolute atomic E-state index is 12.4. The van der Waals surface area contributed by atoms with Gasteiger partial charge < -0.3 is 14.8 Å². The van der Waals surface area contributed by atoms with E-state index in [0.29, 0.717) is 12.1 Å². The van der Waals surface area contributed by atoms with E-state index in [9.17, 15) is 9.59 Å². The molecule has 0 spiro atoms. The largest absolute Gasteiger partial charge is 0.452 e. The molecule has 1 fully saturated rings. The lowest BCUT2D eigenvalue weighted by Gasteiger charge is -2.17. The number of esters is 1. The summed E-state index contributed by atoms with van der Waals surface area (Å²) in [5.41, 5.74) is 5.78. The molecule has 1 amide bonds. The molecule has 1 unspecified atom stereocenters. The minimum absolute atomic E-state index is 0.0801. The van der Waals surface area contributed by atoms with Crippen LogP contribution in [0.2, 0.25) is 0 Å². The Bertz CT molecular complexity index is 616. The van der Waals surface area contributed by atoms with E-state index in [1.165, 1.54) is 5.56 Å². The SMILES string of the molecule is Cc1c(C)c(C)c(C(=O)OCC(=O)NCC2CCCO2)c(C)c1C. The summed E-state index contributed by atoms with van der Waals surface area (Å²) in [7, 11) is 0. The van der Waals surface area contributed by atoms with E-state index >= 15 is 0 Å². The molecule has 0 aromatic heterocycles. The number of ether oxygens (including phenoxy) is 2. The van der Waals surface area contributed by atoms with Gasteiger partial charge in [0.15, 0.2) is 6.61 Å². The van der Waals surface area contributed by atoms with Crippen molar-refractivity contribution in [2.75, 3.05) is 19.8 Å². The zero-order valence-corrected chi connectivity index (χ0v) is 15.2. The third-order valence-electron chi connectivity index (χ3n) is 5.09. The third kappa shape index (κ3) is 3.96. The smallest absolute Gasteiger partial charge is 0.339 e. The number of benzene rings is 1. The molecule has 0 aliphatic carbocycles. The van der Waals surface area contributed by atoms with Gasteiger partial charge in [-0.3, -0.25) is 4.79 Å². The van der Waals surface area contributed by atoms with E-state index in [4.69, 9.17) is 9.47 Å². The topological polar surface area (TPSA) is 64.6 Å². The Hall–Kier alpha value is -1.88. The number of hydrogen-bond acceptors (Lipinski definition) is 4. The van der Waals surface area contributed by atoms with Crippen molar-refractivity contribution in [3.8, 4) is 0 Å². The minimum Gasteiger partial charge on any atom is -0.452 e. The monoisotopic (exact) mass is 333 g/mol. The van der Waals surface area contributed by atoms with Crippen molar-refractivity contribution in [1.29, 1.82) is 0 Å². The van der Waals surface area contributed by atoms with Gasteiger partial charge >= 0.3 is 5.97 Å². The Morgan fingerprint density at radius 1 is 1.04 bits per heavy atom. The van der Waals surface area contributed by atoms with Crippen molar-refractivity contribution >= 4 is 11.9 Å². The number of hydrogen-bond donors (Lipinski definition) is 1. The first-order chi connectivity index (χ1) is 11.3. The van der Waals surface area contributed by atoms with Gasteiger partial charge in [-0.05, 0) is 75.3 Å². The van der Waals surface area contributed by atoms with Gasteiger partial charge in [-0.2, -0.15) is 0 Å². The average molecular weight is 333 g/mol. The summed E-state index contributed by atoms with van der Waals surface area (Å²) in [4.78, 5) is 24.3. The molecule has 1 aliphatic heterocycles. The van der Waals surface area contributed by atoms with Crippen molar-refractivity contribution in [3.05, 3.63) is 33.4 Å². The van der Waals surface area contributed by atoms with Crippen LogP contribution in [-0.2, 0) is 14.3 Å². The van der Waals surface area contributed by atoms with E-state index in [2.05, 4.69) is 12.2 Å². The Kier molecular flexibility index (Phi) is 5.99. The lowest BCUT2D eigenvalue weighted by molar-refractivity contribution is -0.124. The third-order valence-corrected chi connectivity index (χ3v) is 5.09. The van der Waals surface area contributed by atoms with E-state index in [-0.39, 0.29) is 18.6 Å². The summed E-state index contributed by atoms with van der Waals surface area (Å²) in [5.74, 6) is -0.738. The van der Waals surface area contributed by atoms with Crippen LogP contribution in [0.3, 0.4) is 0 Å². The first-order valence-electron chi connectivity index (χ1n) is 8.45. The summed E-state index contributed by atoms with van der Waals surface area (Å²) in [6.07, 6.45) is 2.07. The quantitative estimate of drug-likeness (QED) is 0.842. The summed E-state index contributed by atoms with van der Waals surface area (Å²) in [6.45, 7) is 10.8. The van der Waals surface area contributed by atoms with Gasteiger partial charge in [0, 0.05) is 13.2 Å². The van der Waals surface area contributed by atoms with Gasteiger partial charge in [0.05, 0.1) is 11.7 Å². The predicted molar refractivity (Wildman–Crippen MR) is 92.4 cm³/mol. The highest BCUT2D eigenvalue weighted by molar-refractivity contribution is 5.95. The highest BCUT2D eigenvalue weighted by Gasteiger charge is 2.21. The second-order valence-corrected chi connectivity index (χ2v) is 6.52. The Morgan fingerprint density at radius 3 is 2.17 bits per heavy atom. The van der Waals surface area contributed by atoms with Crippen LogP contribution in [0.25, 0.3) is 0 Å². The molecule has 2 rings (SSSR count). The van der Waals surface area contributed by atoms with Crippen LogP contribution in [0.4, 0.5) is 0 Å². The fraction of sp³-hybridized carbons (Fsp3) is 0.579. The molecule has 5 nitrogen and oxygen atoms in total. The van der Waals surface area contributed by atoms with Crippen molar-refractivity contribution in [2.45, 2.75) is 53.6 Å². The zero-order chi connectivity index (χ0) is 17.9. The highest BCUT2D eigenvalue weighted by atomic mass is 16.5. The van der Waals surface area contributed by atoms with Crippen LogP contribution in [0, 0.1) is 34.6 Å². The average Bonchev–Trinajstić information content (AvgIpc) is 3.08. The lowest BCUT2D eigenvalue weighted by atomic mass is 9.90. The van der Waals surface area contributed by atoms with Crippen LogP contribution >= 0.6 is 0 Å². The molecule has 1 aromatic rings. The van der Waals surface area contributed by atoms with Crippen LogP contribution in [0.1, 0.15) is 51.0 Å². The van der Waals surface area contributed by atoms with Crippen molar-refractivity contribution in [1.82, 2.24) is 5.32 Å². The number of rotatable bonds is 5. The van der Waals surface area contributed by atoms with Gasteiger partial charge in [-0.1, -0.05) is 0 Å². The van der Waals surface area contributed by atoms with Crippen LogP contribution in [-0.4, -0.2) is 37.7 Å². The van der Waals surface area contributed by atoms with E-state index in [0.717, 1.165) is 41.7 Å². The van der Waals surface area contributed by atoms with Crippen molar-refractivity contribution in [2.24, 2.45) is 0 Å². The first kappa shape index (κ1) is 18.5. The van der Waals surface area contributed by atoms with E-state index in [1.807, 2.05) is 27.7 Å². The highest BCUT2D eigenvalue weighted by Crippen LogP contribution is 2.26. The zero-order valence-electron chi connectivity index (χ0n) is 15.2. The molecule has 1 N–H and O–H groups in total. The first-order valence-corrected chi connectivity index (χ1v) is 8.45. The Balaban J connectivity index is 1.96. The molecule has 1 saturated heterocycles. The lowest BCUT2D eigenvalue weighted by Crippen LogP contribution is -2.35. The normalized spacial score (nSPS) is 17.0. The minimum atomic E-state index is -0.441. The molecule has 1 heterocycles. The van der Waals surface area contributed by atoms with Crippen LogP contribution in [0.15, 0.2) is 0 Å². The van der Waals surface area contributed by atoms with Crippen LogP contribution in [0.5, 0.6) is 0 Å². The fourth-order valence-corrected chi connectivity index (χ4v) is 3.09. The maximum atomic E-state index is 12.4. The molecule has 1 aliphatic rings. The second kappa shape index (κ2) is 7.79. The van der Waals surface area contributed by atoms with Crippen molar-refractivity contribution < 1.29 is 19.1 Å². The molecule has 132 valence electrons. The standard InChI is InChI=1S/C19H27NO4/c1-11-12(2)14(4)18(15(5)13(11)3)19(22)24-10-17(21)20-9-16-7-6-8-23-16/h16H,6-10H2,1-5H3,(H,20,21). The van der Waals surface area contributed by atoms with Crippen LogP contribution < -0.4 is 5.32 Å². The summed E-state index contributed by atoms with van der Waals surface area (Å²) >= 11 is 0. The molecular formula is C19H27NO4.